The number of carboxylic acid groups (broad SMARTS) is 1. The zero-order valence-corrected chi connectivity index (χ0v) is 12.4. The molecule has 0 saturated carbocycles. The van der Waals surface area contributed by atoms with Crippen LogP contribution in [0.4, 0.5) is 20.2 Å². The normalized spacial score (nSPS) is 12.5. The molecule has 0 aliphatic heterocycles. The summed E-state index contributed by atoms with van der Waals surface area (Å²) in [4.78, 5) is 10.9. The fraction of sp³-hybridized carbons (Fsp3) is 0.133. The SMILES string of the molecule is CC(S)c1cc(/N=N/c2cccc(C(=O)O)c2)c(F)cc1F. The van der Waals surface area contributed by atoms with Crippen LogP contribution in [0.25, 0.3) is 0 Å². The number of hydrogen-bond acceptors (Lipinski definition) is 4. The Kier molecular flexibility index (Phi) is 4.87. The average Bonchev–Trinajstić information content (AvgIpc) is 2.46. The van der Waals surface area contributed by atoms with E-state index in [1.165, 1.54) is 30.3 Å². The summed E-state index contributed by atoms with van der Waals surface area (Å²) < 4.78 is 27.3. The quantitative estimate of drug-likeness (QED) is 0.610. The monoisotopic (exact) mass is 322 g/mol. The predicted octanol–water partition coefficient (Wildman–Crippen LogP) is 5.07. The van der Waals surface area contributed by atoms with Gasteiger partial charge in [-0.25, -0.2) is 13.6 Å². The molecule has 0 amide bonds. The lowest BCUT2D eigenvalue weighted by molar-refractivity contribution is 0.0697. The van der Waals surface area contributed by atoms with Crippen molar-refractivity contribution in [1.29, 1.82) is 0 Å². The molecule has 0 fully saturated rings. The summed E-state index contributed by atoms with van der Waals surface area (Å²) in [5.41, 5.74) is 0.362. The van der Waals surface area contributed by atoms with Gasteiger partial charge in [0, 0.05) is 16.9 Å². The molecule has 22 heavy (non-hydrogen) atoms. The van der Waals surface area contributed by atoms with Crippen molar-refractivity contribution < 1.29 is 18.7 Å². The third-order valence-corrected chi connectivity index (χ3v) is 3.16. The molecule has 0 saturated heterocycles. The number of rotatable bonds is 4. The lowest BCUT2D eigenvalue weighted by Gasteiger charge is -2.07. The van der Waals surface area contributed by atoms with Gasteiger partial charge in [-0.3, -0.25) is 0 Å². The molecule has 0 aliphatic rings. The first-order valence-electron chi connectivity index (χ1n) is 6.30. The van der Waals surface area contributed by atoms with Gasteiger partial charge in [0.2, 0.25) is 0 Å². The molecule has 0 radical (unpaired) electrons. The van der Waals surface area contributed by atoms with Crippen LogP contribution in [-0.2, 0) is 0 Å². The van der Waals surface area contributed by atoms with Crippen molar-refractivity contribution in [3.05, 3.63) is 59.2 Å². The Morgan fingerprint density at radius 2 is 1.91 bits per heavy atom. The second kappa shape index (κ2) is 6.65. The fourth-order valence-electron chi connectivity index (χ4n) is 1.76. The molecule has 2 aromatic carbocycles. The van der Waals surface area contributed by atoms with Crippen LogP contribution in [0.3, 0.4) is 0 Å². The summed E-state index contributed by atoms with van der Waals surface area (Å²) in [5.74, 6) is -2.66. The van der Waals surface area contributed by atoms with Gasteiger partial charge in [0.15, 0.2) is 5.82 Å². The van der Waals surface area contributed by atoms with Crippen LogP contribution in [0, 0.1) is 11.6 Å². The largest absolute Gasteiger partial charge is 0.478 e. The molecule has 1 unspecified atom stereocenters. The van der Waals surface area contributed by atoms with E-state index in [0.717, 1.165) is 6.07 Å². The number of carboxylic acids is 1. The van der Waals surface area contributed by atoms with Crippen LogP contribution in [0.15, 0.2) is 46.6 Å². The van der Waals surface area contributed by atoms with E-state index in [1.54, 1.807) is 6.92 Å². The second-order valence-electron chi connectivity index (χ2n) is 4.56. The molecule has 0 aliphatic carbocycles. The van der Waals surface area contributed by atoms with Gasteiger partial charge in [-0.15, -0.1) is 5.11 Å². The number of azo groups is 1. The highest BCUT2D eigenvalue weighted by molar-refractivity contribution is 7.80. The van der Waals surface area contributed by atoms with Gasteiger partial charge in [-0.05, 0) is 31.2 Å². The summed E-state index contributed by atoms with van der Waals surface area (Å²) in [5, 5.41) is 16.0. The highest BCUT2D eigenvalue weighted by atomic mass is 32.1. The van der Waals surface area contributed by atoms with Crippen molar-refractivity contribution in [3.63, 3.8) is 0 Å². The number of hydrogen-bond donors (Lipinski definition) is 2. The van der Waals surface area contributed by atoms with Gasteiger partial charge in [-0.1, -0.05) is 6.07 Å². The Hall–Kier alpha value is -2.28. The number of halogens is 2. The minimum absolute atomic E-state index is 0.0423. The minimum Gasteiger partial charge on any atom is -0.478 e. The van der Waals surface area contributed by atoms with E-state index in [9.17, 15) is 13.6 Å². The zero-order chi connectivity index (χ0) is 16.3. The van der Waals surface area contributed by atoms with Crippen molar-refractivity contribution in [2.45, 2.75) is 12.2 Å². The van der Waals surface area contributed by atoms with Gasteiger partial charge < -0.3 is 5.11 Å². The van der Waals surface area contributed by atoms with Gasteiger partial charge in [0.05, 0.1) is 11.3 Å². The Labute approximate surface area is 130 Å². The fourth-order valence-corrected chi connectivity index (χ4v) is 1.96. The van der Waals surface area contributed by atoms with E-state index in [1.807, 2.05) is 0 Å². The predicted molar refractivity (Wildman–Crippen MR) is 81.3 cm³/mol. The van der Waals surface area contributed by atoms with Gasteiger partial charge in [0.25, 0.3) is 0 Å². The van der Waals surface area contributed by atoms with Crippen molar-refractivity contribution in [2.75, 3.05) is 0 Å². The topological polar surface area (TPSA) is 62.0 Å². The highest BCUT2D eigenvalue weighted by Crippen LogP contribution is 2.30. The third kappa shape index (κ3) is 3.67. The Bertz CT molecular complexity index is 748. The molecule has 2 aromatic rings. The number of thiol groups is 1. The van der Waals surface area contributed by atoms with Crippen LogP contribution in [0.2, 0.25) is 0 Å². The van der Waals surface area contributed by atoms with E-state index in [-0.39, 0.29) is 22.5 Å². The molecule has 0 spiro atoms. The first-order chi connectivity index (χ1) is 10.4. The minimum atomic E-state index is -1.10. The average molecular weight is 322 g/mol. The van der Waals surface area contributed by atoms with Crippen LogP contribution >= 0.6 is 12.6 Å². The lowest BCUT2D eigenvalue weighted by atomic mass is 10.1. The van der Waals surface area contributed by atoms with E-state index in [2.05, 4.69) is 22.9 Å². The van der Waals surface area contributed by atoms with E-state index in [4.69, 9.17) is 5.11 Å². The van der Waals surface area contributed by atoms with Crippen LogP contribution in [0.1, 0.15) is 28.1 Å². The number of carbonyl (C=O) groups is 1. The first kappa shape index (κ1) is 16.1. The molecule has 114 valence electrons. The number of aromatic carboxylic acids is 1. The van der Waals surface area contributed by atoms with E-state index >= 15 is 0 Å². The molecular formula is C15H12F2N2O2S. The Balaban J connectivity index is 2.36. The van der Waals surface area contributed by atoms with Crippen LogP contribution < -0.4 is 0 Å². The summed E-state index contributed by atoms with van der Waals surface area (Å²) in [6.07, 6.45) is 0. The first-order valence-corrected chi connectivity index (χ1v) is 6.82. The maximum absolute atomic E-state index is 13.7. The lowest BCUT2D eigenvalue weighted by Crippen LogP contribution is -1.94. The third-order valence-electron chi connectivity index (χ3n) is 2.88. The molecule has 4 nitrogen and oxygen atoms in total. The summed E-state index contributed by atoms with van der Waals surface area (Å²) in [6, 6.07) is 7.69. The molecule has 7 heteroatoms. The summed E-state index contributed by atoms with van der Waals surface area (Å²) >= 11 is 4.11. The summed E-state index contributed by atoms with van der Waals surface area (Å²) in [6.45, 7) is 1.65. The van der Waals surface area contributed by atoms with Crippen LogP contribution in [-0.4, -0.2) is 11.1 Å². The molecule has 1 atom stereocenters. The van der Waals surface area contributed by atoms with E-state index < -0.39 is 22.9 Å². The van der Waals surface area contributed by atoms with Crippen molar-refractivity contribution >= 4 is 30.0 Å². The Morgan fingerprint density at radius 3 is 2.55 bits per heavy atom. The standard InChI is InChI=1S/C15H12F2N2O2S/c1-8(22)11-6-14(13(17)7-12(11)16)19-18-10-4-2-3-9(5-10)15(20)21/h2-8,22H,1H3,(H,20,21)/b19-18+. The second-order valence-corrected chi connectivity index (χ2v) is 5.33. The molecular weight excluding hydrogens is 310 g/mol. The number of benzene rings is 2. The highest BCUT2D eigenvalue weighted by Gasteiger charge is 2.13. The van der Waals surface area contributed by atoms with Gasteiger partial charge in [0.1, 0.15) is 11.5 Å². The van der Waals surface area contributed by atoms with Crippen molar-refractivity contribution in [2.24, 2.45) is 10.2 Å². The molecule has 2 rings (SSSR count). The maximum Gasteiger partial charge on any atom is 0.335 e. The van der Waals surface area contributed by atoms with E-state index in [0.29, 0.717) is 0 Å². The van der Waals surface area contributed by atoms with Crippen molar-refractivity contribution in [3.8, 4) is 0 Å². The molecule has 0 aromatic heterocycles. The van der Waals surface area contributed by atoms with Gasteiger partial charge in [-0.2, -0.15) is 17.7 Å². The van der Waals surface area contributed by atoms with Crippen molar-refractivity contribution in [1.82, 2.24) is 0 Å². The zero-order valence-electron chi connectivity index (χ0n) is 11.5. The molecule has 1 N–H and O–H groups in total. The maximum atomic E-state index is 13.7. The molecule has 0 bridgehead atoms. The smallest absolute Gasteiger partial charge is 0.335 e. The summed E-state index contributed by atoms with van der Waals surface area (Å²) in [7, 11) is 0. The number of nitrogens with zero attached hydrogens (tertiary/aromatic N) is 2. The van der Waals surface area contributed by atoms with Crippen LogP contribution in [0.5, 0.6) is 0 Å². The molecule has 0 heterocycles. The van der Waals surface area contributed by atoms with Gasteiger partial charge >= 0.3 is 5.97 Å². The Morgan fingerprint density at radius 1 is 1.18 bits per heavy atom.